The van der Waals surface area contributed by atoms with Crippen LogP contribution in [0.4, 0.5) is 5.00 Å². The lowest BCUT2D eigenvalue weighted by atomic mass is 9.87. The van der Waals surface area contributed by atoms with Gasteiger partial charge in [0.05, 0.1) is 18.4 Å². The van der Waals surface area contributed by atoms with Crippen LogP contribution in [0.2, 0.25) is 0 Å². The number of nitrogens with one attached hydrogen (secondary N) is 1. The van der Waals surface area contributed by atoms with Crippen LogP contribution in [0, 0.1) is 5.92 Å². The van der Waals surface area contributed by atoms with Crippen LogP contribution >= 0.6 is 23.1 Å². The van der Waals surface area contributed by atoms with E-state index in [2.05, 4.69) is 55.3 Å². The molecular weight excluding hydrogens is 520 g/mol. The first-order valence-electron chi connectivity index (χ1n) is 12.9. The molecule has 4 rings (SSSR count). The second-order valence-corrected chi connectivity index (χ2v) is 12.6. The standard InChI is InChI=1S/C28H36N4O4S2/c1-7-32-22(15-36-19-11-9-18(10-12-19)28(3,4)5)30-31-27(32)37-16-23(33)29-25-24(26(34)35-6)20-13-8-17(2)14-21(20)38-25/h9-12,17H,7-8,13-16H2,1-6H3,(H,29,33). The zero-order chi connectivity index (χ0) is 27.4. The number of aromatic nitrogens is 3. The van der Waals surface area contributed by atoms with E-state index in [1.54, 1.807) is 0 Å². The van der Waals surface area contributed by atoms with Crippen LogP contribution in [0.3, 0.4) is 0 Å². The smallest absolute Gasteiger partial charge is 0.341 e. The monoisotopic (exact) mass is 556 g/mol. The van der Waals surface area contributed by atoms with Crippen LogP contribution in [0.25, 0.3) is 0 Å². The molecule has 0 saturated carbocycles. The summed E-state index contributed by atoms with van der Waals surface area (Å²) in [4.78, 5) is 26.6. The fourth-order valence-corrected chi connectivity index (χ4v) is 6.74. The average Bonchev–Trinajstić information content (AvgIpc) is 3.45. The highest BCUT2D eigenvalue weighted by Crippen LogP contribution is 2.40. The second kappa shape index (κ2) is 11.9. The predicted octanol–water partition coefficient (Wildman–Crippen LogP) is 5.88. The van der Waals surface area contributed by atoms with Crippen molar-refractivity contribution in [1.82, 2.24) is 14.8 Å². The second-order valence-electron chi connectivity index (χ2n) is 10.6. The highest BCUT2D eigenvalue weighted by Gasteiger charge is 2.29. The third-order valence-electron chi connectivity index (χ3n) is 6.68. The maximum absolute atomic E-state index is 12.9. The maximum Gasteiger partial charge on any atom is 0.341 e. The van der Waals surface area contributed by atoms with Crippen molar-refractivity contribution in [3.05, 3.63) is 51.7 Å². The first-order chi connectivity index (χ1) is 18.1. The van der Waals surface area contributed by atoms with Crippen LogP contribution < -0.4 is 10.1 Å². The number of fused-ring (bicyclic) bond motifs is 1. The Morgan fingerprint density at radius 2 is 1.95 bits per heavy atom. The van der Waals surface area contributed by atoms with Crippen molar-refractivity contribution >= 4 is 40.0 Å². The number of benzene rings is 1. The number of nitrogens with zero attached hydrogens (tertiary/aromatic N) is 3. The summed E-state index contributed by atoms with van der Waals surface area (Å²) in [5.41, 5.74) is 2.85. The summed E-state index contributed by atoms with van der Waals surface area (Å²) in [6.07, 6.45) is 2.77. The van der Waals surface area contributed by atoms with Gasteiger partial charge < -0.3 is 19.4 Å². The van der Waals surface area contributed by atoms with Crippen LogP contribution in [0.15, 0.2) is 29.4 Å². The van der Waals surface area contributed by atoms with E-state index in [9.17, 15) is 9.59 Å². The molecule has 2 heterocycles. The van der Waals surface area contributed by atoms with Gasteiger partial charge in [0.1, 0.15) is 17.4 Å². The molecule has 0 radical (unpaired) electrons. The molecule has 8 nitrogen and oxygen atoms in total. The summed E-state index contributed by atoms with van der Waals surface area (Å²) in [7, 11) is 1.37. The van der Waals surface area contributed by atoms with Crippen LogP contribution in [0.5, 0.6) is 5.75 Å². The Bertz CT molecular complexity index is 1290. The number of thiophene rings is 1. The number of anilines is 1. The van der Waals surface area contributed by atoms with Crippen molar-refractivity contribution in [2.75, 3.05) is 18.2 Å². The minimum Gasteiger partial charge on any atom is -0.486 e. The number of carbonyl (C=O) groups excluding carboxylic acids is 2. The molecule has 38 heavy (non-hydrogen) atoms. The van der Waals surface area contributed by atoms with E-state index in [4.69, 9.17) is 9.47 Å². The Kier molecular flexibility index (Phi) is 8.82. The first-order valence-corrected chi connectivity index (χ1v) is 14.7. The molecule has 0 aliphatic heterocycles. The summed E-state index contributed by atoms with van der Waals surface area (Å²) < 4.78 is 12.9. The fraction of sp³-hybridized carbons (Fsp3) is 0.500. The predicted molar refractivity (Wildman–Crippen MR) is 151 cm³/mol. The van der Waals surface area contributed by atoms with E-state index in [0.29, 0.717) is 34.0 Å². The number of rotatable bonds is 9. The Hall–Kier alpha value is -2.85. The maximum atomic E-state index is 12.9. The zero-order valence-corrected chi connectivity index (χ0v) is 24.6. The van der Waals surface area contributed by atoms with Gasteiger partial charge in [0.25, 0.3) is 0 Å². The molecule has 204 valence electrons. The molecule has 0 spiro atoms. The normalized spacial score (nSPS) is 15.2. The molecule has 0 fully saturated rings. The summed E-state index contributed by atoms with van der Waals surface area (Å²) in [5, 5.41) is 12.8. The molecule has 1 aliphatic carbocycles. The summed E-state index contributed by atoms with van der Waals surface area (Å²) >= 11 is 2.80. The van der Waals surface area contributed by atoms with E-state index < -0.39 is 5.97 Å². The molecule has 0 saturated heterocycles. The van der Waals surface area contributed by atoms with Gasteiger partial charge in [0.2, 0.25) is 5.91 Å². The molecule has 1 aromatic carbocycles. The Morgan fingerprint density at radius 1 is 1.21 bits per heavy atom. The van der Waals surface area contributed by atoms with E-state index in [1.165, 1.54) is 35.8 Å². The van der Waals surface area contributed by atoms with Gasteiger partial charge in [-0.3, -0.25) is 4.79 Å². The van der Waals surface area contributed by atoms with Crippen LogP contribution in [-0.2, 0) is 40.9 Å². The highest BCUT2D eigenvalue weighted by molar-refractivity contribution is 7.99. The van der Waals surface area contributed by atoms with E-state index in [-0.39, 0.29) is 23.7 Å². The van der Waals surface area contributed by atoms with Gasteiger partial charge in [-0.25, -0.2) is 4.79 Å². The minimum absolute atomic E-state index is 0.0850. The van der Waals surface area contributed by atoms with E-state index in [1.807, 2.05) is 23.6 Å². The van der Waals surface area contributed by atoms with Crippen LogP contribution in [-0.4, -0.2) is 39.5 Å². The molecule has 1 N–H and O–H groups in total. The lowest BCUT2D eigenvalue weighted by molar-refractivity contribution is -0.113. The van der Waals surface area contributed by atoms with Crippen molar-refractivity contribution in [1.29, 1.82) is 0 Å². The first kappa shape index (κ1) is 28.2. The van der Waals surface area contributed by atoms with Crippen LogP contribution in [0.1, 0.15) is 73.2 Å². The molecule has 3 aromatic rings. The number of methoxy groups -OCH3 is 1. The fourth-order valence-electron chi connectivity index (χ4n) is 4.50. The molecule has 0 bridgehead atoms. The van der Waals surface area contributed by atoms with Crippen molar-refractivity contribution in [3.8, 4) is 5.75 Å². The molecular formula is C28H36N4O4S2. The number of hydrogen-bond acceptors (Lipinski definition) is 8. The third-order valence-corrected chi connectivity index (χ3v) is 8.82. The lowest BCUT2D eigenvalue weighted by Gasteiger charge is -2.19. The molecule has 1 amide bonds. The number of thioether (sulfide) groups is 1. The van der Waals surface area contributed by atoms with Gasteiger partial charge in [-0.05, 0) is 60.8 Å². The third kappa shape index (κ3) is 6.40. The van der Waals surface area contributed by atoms with Crippen molar-refractivity contribution in [2.45, 2.75) is 77.6 Å². The van der Waals surface area contributed by atoms with Gasteiger partial charge in [0, 0.05) is 11.4 Å². The Labute approximate surface area is 232 Å². The number of esters is 1. The van der Waals surface area contributed by atoms with E-state index >= 15 is 0 Å². The topological polar surface area (TPSA) is 95.3 Å². The molecule has 1 unspecified atom stereocenters. The quantitative estimate of drug-likeness (QED) is 0.260. The highest BCUT2D eigenvalue weighted by atomic mass is 32.2. The van der Waals surface area contributed by atoms with Crippen molar-refractivity contribution in [2.24, 2.45) is 5.92 Å². The van der Waals surface area contributed by atoms with Gasteiger partial charge in [-0.15, -0.1) is 21.5 Å². The molecule has 1 atom stereocenters. The minimum atomic E-state index is -0.400. The summed E-state index contributed by atoms with van der Waals surface area (Å²) in [6.45, 7) is 11.7. The number of ether oxygens (including phenoxy) is 2. The number of carbonyl (C=O) groups is 2. The average molecular weight is 557 g/mol. The Balaban J connectivity index is 1.38. The van der Waals surface area contributed by atoms with Gasteiger partial charge >= 0.3 is 5.97 Å². The van der Waals surface area contributed by atoms with E-state index in [0.717, 1.165) is 35.5 Å². The van der Waals surface area contributed by atoms with Gasteiger partial charge in [-0.2, -0.15) is 0 Å². The van der Waals surface area contributed by atoms with Gasteiger partial charge in [0.15, 0.2) is 11.0 Å². The summed E-state index contributed by atoms with van der Waals surface area (Å²) in [5.74, 6) is 1.58. The molecule has 10 heteroatoms. The number of amides is 1. The summed E-state index contributed by atoms with van der Waals surface area (Å²) in [6, 6.07) is 8.10. The SMILES string of the molecule is CCn1c(COc2ccc(C(C)(C)C)cc2)nnc1SCC(=O)Nc1sc2c(c1C(=O)OC)CCC(C)C2. The molecule has 2 aromatic heterocycles. The number of hydrogen-bond donors (Lipinski definition) is 1. The lowest BCUT2D eigenvalue weighted by Crippen LogP contribution is -2.17. The van der Waals surface area contributed by atoms with Crippen molar-refractivity contribution < 1.29 is 19.1 Å². The van der Waals surface area contributed by atoms with Crippen molar-refractivity contribution in [3.63, 3.8) is 0 Å². The van der Waals surface area contributed by atoms with Gasteiger partial charge in [-0.1, -0.05) is 51.6 Å². The largest absolute Gasteiger partial charge is 0.486 e. The zero-order valence-electron chi connectivity index (χ0n) is 22.9. The molecule has 1 aliphatic rings. The Morgan fingerprint density at radius 3 is 2.61 bits per heavy atom.